The van der Waals surface area contributed by atoms with Gasteiger partial charge in [0.1, 0.15) is 10.8 Å². The Labute approximate surface area is 101 Å². The van der Waals surface area contributed by atoms with Gasteiger partial charge in [-0.3, -0.25) is 4.57 Å². The summed E-state index contributed by atoms with van der Waals surface area (Å²) in [6, 6.07) is 3.67. The topological polar surface area (TPSA) is 51.2 Å². The molecule has 84 valence electrons. The lowest BCUT2D eigenvalue weighted by Gasteiger charge is -2.22. The number of aliphatic hydroxyl groups excluding tert-OH is 1. The van der Waals surface area contributed by atoms with Crippen molar-refractivity contribution in [3.63, 3.8) is 0 Å². The highest BCUT2D eigenvalue weighted by atomic mass is 79.9. The van der Waals surface area contributed by atoms with Gasteiger partial charge < -0.3 is 9.52 Å². The number of nitrogens with zero attached hydrogens (tertiary/aromatic N) is 2. The average Bonchev–Trinajstić information content (AvgIpc) is 2.87. The molecule has 0 saturated carbocycles. The standard InChI is InChI=1S/C11H11BrN2O2/c12-10-7-3-1-5-9(15)14(7)11(13-10)8-4-2-6-16-8/h2,4,6,9,15H,1,3,5H2. The predicted octanol–water partition coefficient (Wildman–Crippen LogP) is 2.73. The van der Waals surface area contributed by atoms with Gasteiger partial charge in [0.05, 0.1) is 12.0 Å². The van der Waals surface area contributed by atoms with Gasteiger partial charge in [-0.15, -0.1) is 0 Å². The maximum atomic E-state index is 10.0. The smallest absolute Gasteiger partial charge is 0.179 e. The van der Waals surface area contributed by atoms with E-state index in [1.54, 1.807) is 6.26 Å². The summed E-state index contributed by atoms with van der Waals surface area (Å²) in [4.78, 5) is 4.41. The van der Waals surface area contributed by atoms with E-state index in [-0.39, 0.29) is 0 Å². The van der Waals surface area contributed by atoms with E-state index in [1.807, 2.05) is 16.7 Å². The van der Waals surface area contributed by atoms with Gasteiger partial charge in [0.25, 0.3) is 0 Å². The average molecular weight is 283 g/mol. The van der Waals surface area contributed by atoms with Crippen LogP contribution < -0.4 is 0 Å². The first-order valence-corrected chi connectivity index (χ1v) is 6.05. The van der Waals surface area contributed by atoms with Crippen LogP contribution in [-0.2, 0) is 6.42 Å². The van der Waals surface area contributed by atoms with Crippen LogP contribution in [-0.4, -0.2) is 14.7 Å². The van der Waals surface area contributed by atoms with Crippen molar-refractivity contribution in [3.05, 3.63) is 28.7 Å². The molecule has 16 heavy (non-hydrogen) atoms. The first kappa shape index (κ1) is 10.1. The Kier molecular flexibility index (Phi) is 2.37. The Morgan fingerprint density at radius 1 is 1.56 bits per heavy atom. The zero-order valence-corrected chi connectivity index (χ0v) is 10.1. The fraction of sp³-hybridized carbons (Fsp3) is 0.364. The molecule has 0 spiro atoms. The SMILES string of the molecule is OC1CCCc2c(Br)nc(-c3ccco3)n21. The van der Waals surface area contributed by atoms with Crippen LogP contribution in [0.1, 0.15) is 24.8 Å². The molecule has 5 heteroatoms. The number of fused-ring (bicyclic) bond motifs is 1. The van der Waals surface area contributed by atoms with Crippen molar-refractivity contribution in [3.8, 4) is 11.6 Å². The highest BCUT2D eigenvalue weighted by Gasteiger charge is 2.26. The molecule has 1 aliphatic heterocycles. The third-order valence-corrected chi connectivity index (χ3v) is 3.51. The molecule has 0 radical (unpaired) electrons. The van der Waals surface area contributed by atoms with Crippen LogP contribution >= 0.6 is 15.9 Å². The molecular formula is C11H11BrN2O2. The molecule has 2 aromatic heterocycles. The van der Waals surface area contributed by atoms with Gasteiger partial charge in [-0.25, -0.2) is 4.98 Å². The summed E-state index contributed by atoms with van der Waals surface area (Å²) >= 11 is 3.43. The van der Waals surface area contributed by atoms with Crippen molar-refractivity contribution >= 4 is 15.9 Å². The molecule has 0 fully saturated rings. The second-order valence-electron chi connectivity index (χ2n) is 3.89. The molecule has 1 aliphatic rings. The van der Waals surface area contributed by atoms with Crippen LogP contribution in [0.2, 0.25) is 0 Å². The van der Waals surface area contributed by atoms with Crippen molar-refractivity contribution < 1.29 is 9.52 Å². The van der Waals surface area contributed by atoms with Crippen molar-refractivity contribution in [2.24, 2.45) is 0 Å². The lowest BCUT2D eigenvalue weighted by atomic mass is 10.1. The predicted molar refractivity (Wildman–Crippen MR) is 61.8 cm³/mol. The minimum atomic E-state index is -0.498. The van der Waals surface area contributed by atoms with E-state index in [4.69, 9.17) is 4.42 Å². The summed E-state index contributed by atoms with van der Waals surface area (Å²) in [5, 5.41) is 10.0. The zero-order valence-electron chi connectivity index (χ0n) is 8.56. The zero-order chi connectivity index (χ0) is 11.1. The van der Waals surface area contributed by atoms with Gasteiger partial charge in [-0.05, 0) is 47.3 Å². The van der Waals surface area contributed by atoms with Crippen LogP contribution in [0.25, 0.3) is 11.6 Å². The number of aromatic nitrogens is 2. The first-order valence-electron chi connectivity index (χ1n) is 5.26. The maximum Gasteiger partial charge on any atom is 0.179 e. The van der Waals surface area contributed by atoms with Gasteiger partial charge >= 0.3 is 0 Å². The molecule has 3 rings (SSSR count). The van der Waals surface area contributed by atoms with E-state index in [2.05, 4.69) is 20.9 Å². The molecule has 0 amide bonds. The minimum absolute atomic E-state index is 0.498. The molecule has 2 aromatic rings. The van der Waals surface area contributed by atoms with Gasteiger partial charge in [0.15, 0.2) is 11.6 Å². The van der Waals surface area contributed by atoms with E-state index in [0.29, 0.717) is 11.6 Å². The molecule has 0 bridgehead atoms. The van der Waals surface area contributed by atoms with Gasteiger partial charge in [0, 0.05) is 0 Å². The fourth-order valence-electron chi connectivity index (χ4n) is 2.14. The minimum Gasteiger partial charge on any atom is -0.461 e. The molecule has 0 aromatic carbocycles. The molecule has 1 unspecified atom stereocenters. The van der Waals surface area contributed by atoms with E-state index >= 15 is 0 Å². The van der Waals surface area contributed by atoms with Crippen LogP contribution in [0.15, 0.2) is 27.4 Å². The molecule has 0 saturated heterocycles. The largest absolute Gasteiger partial charge is 0.461 e. The number of furan rings is 1. The third-order valence-electron chi connectivity index (χ3n) is 2.88. The Balaban J connectivity index is 2.20. The molecular weight excluding hydrogens is 272 g/mol. The lowest BCUT2D eigenvalue weighted by molar-refractivity contribution is 0.0801. The molecule has 1 atom stereocenters. The van der Waals surface area contributed by atoms with E-state index in [9.17, 15) is 5.11 Å². The normalized spacial score (nSPS) is 19.8. The maximum absolute atomic E-state index is 10.0. The van der Waals surface area contributed by atoms with E-state index < -0.39 is 6.23 Å². The van der Waals surface area contributed by atoms with Gasteiger partial charge in [-0.1, -0.05) is 0 Å². The lowest BCUT2D eigenvalue weighted by Crippen LogP contribution is -2.17. The quantitative estimate of drug-likeness (QED) is 0.875. The van der Waals surface area contributed by atoms with Crippen molar-refractivity contribution in [1.82, 2.24) is 9.55 Å². The summed E-state index contributed by atoms with van der Waals surface area (Å²) in [6.45, 7) is 0. The van der Waals surface area contributed by atoms with Crippen LogP contribution in [0.4, 0.5) is 0 Å². The first-order chi connectivity index (χ1) is 7.77. The Hall–Kier alpha value is -1.07. The number of aliphatic hydroxyl groups is 1. The number of hydrogen-bond acceptors (Lipinski definition) is 3. The Morgan fingerprint density at radius 3 is 3.19 bits per heavy atom. The van der Waals surface area contributed by atoms with Crippen molar-refractivity contribution in [1.29, 1.82) is 0 Å². The summed E-state index contributed by atoms with van der Waals surface area (Å²) in [5.41, 5.74) is 1.05. The second kappa shape index (κ2) is 3.75. The van der Waals surface area contributed by atoms with E-state index in [0.717, 1.165) is 29.6 Å². The van der Waals surface area contributed by atoms with Gasteiger partial charge in [0.2, 0.25) is 0 Å². The van der Waals surface area contributed by atoms with Crippen molar-refractivity contribution in [2.75, 3.05) is 0 Å². The Morgan fingerprint density at radius 2 is 2.44 bits per heavy atom. The van der Waals surface area contributed by atoms with Gasteiger partial charge in [-0.2, -0.15) is 0 Å². The highest BCUT2D eigenvalue weighted by molar-refractivity contribution is 9.10. The van der Waals surface area contributed by atoms with Crippen molar-refractivity contribution in [2.45, 2.75) is 25.5 Å². The number of halogens is 1. The second-order valence-corrected chi connectivity index (χ2v) is 4.64. The summed E-state index contributed by atoms with van der Waals surface area (Å²) in [6.07, 6.45) is 3.81. The molecule has 3 heterocycles. The molecule has 4 nitrogen and oxygen atoms in total. The summed E-state index contributed by atoms with van der Waals surface area (Å²) in [5.74, 6) is 1.38. The summed E-state index contributed by atoms with van der Waals surface area (Å²) < 4.78 is 7.99. The number of hydrogen-bond donors (Lipinski definition) is 1. The monoisotopic (exact) mass is 282 g/mol. The number of rotatable bonds is 1. The molecule has 1 N–H and O–H groups in total. The van der Waals surface area contributed by atoms with Crippen LogP contribution in [0.3, 0.4) is 0 Å². The highest BCUT2D eigenvalue weighted by Crippen LogP contribution is 2.34. The van der Waals surface area contributed by atoms with Crippen LogP contribution in [0.5, 0.6) is 0 Å². The fourth-order valence-corrected chi connectivity index (χ4v) is 2.70. The number of imidazole rings is 1. The summed E-state index contributed by atoms with van der Waals surface area (Å²) in [7, 11) is 0. The molecule has 0 aliphatic carbocycles. The van der Waals surface area contributed by atoms with E-state index in [1.165, 1.54) is 0 Å². The van der Waals surface area contributed by atoms with Crippen LogP contribution in [0, 0.1) is 0 Å². The third kappa shape index (κ3) is 1.43. The Bertz CT molecular complexity index is 504.